The third-order valence-electron chi connectivity index (χ3n) is 3.28. The van der Waals surface area contributed by atoms with Gasteiger partial charge in [0.05, 0.1) is 11.7 Å². The fraction of sp³-hybridized carbons (Fsp3) is 0.0625. The number of nitrogens with two attached hydrogens (primary N) is 1. The minimum Gasteiger partial charge on any atom is -0.271 e. The van der Waals surface area contributed by atoms with Crippen molar-refractivity contribution in [3.8, 4) is 0 Å². The Balaban J connectivity index is 2.17. The van der Waals surface area contributed by atoms with Crippen molar-refractivity contribution in [2.24, 2.45) is 5.84 Å². The maximum Gasteiger partial charge on any atom is 0.0887 e. The zero-order valence-electron chi connectivity index (χ0n) is 10.5. The minimum absolute atomic E-state index is 0.104. The van der Waals surface area contributed by atoms with Gasteiger partial charge in [0.15, 0.2) is 0 Å². The van der Waals surface area contributed by atoms with Crippen LogP contribution in [0.3, 0.4) is 0 Å². The van der Waals surface area contributed by atoms with E-state index in [9.17, 15) is 0 Å². The molecule has 1 unspecified atom stereocenters. The summed E-state index contributed by atoms with van der Waals surface area (Å²) in [6.07, 6.45) is 1.78. The second-order valence-electron chi connectivity index (χ2n) is 4.42. The number of hydrogen-bond donors (Lipinski definition) is 2. The highest BCUT2D eigenvalue weighted by atomic mass is 15.2. The van der Waals surface area contributed by atoms with E-state index >= 15 is 0 Å². The molecule has 2 aromatic carbocycles. The second kappa shape index (κ2) is 5.18. The Morgan fingerprint density at radius 2 is 1.68 bits per heavy atom. The molecule has 0 spiro atoms. The van der Waals surface area contributed by atoms with E-state index in [1.165, 1.54) is 10.8 Å². The van der Waals surface area contributed by atoms with E-state index in [-0.39, 0.29) is 6.04 Å². The normalized spacial score (nSPS) is 12.5. The molecule has 0 aliphatic heterocycles. The first-order chi connectivity index (χ1) is 9.40. The Hall–Kier alpha value is -2.23. The molecule has 3 heteroatoms. The summed E-state index contributed by atoms with van der Waals surface area (Å²) in [6, 6.07) is 20.3. The van der Waals surface area contributed by atoms with E-state index in [0.717, 1.165) is 11.3 Å². The van der Waals surface area contributed by atoms with Crippen molar-refractivity contribution in [1.82, 2.24) is 10.4 Å². The first-order valence-electron chi connectivity index (χ1n) is 6.25. The first kappa shape index (κ1) is 11.8. The monoisotopic (exact) mass is 249 g/mol. The molecule has 0 bridgehead atoms. The molecule has 0 saturated carbocycles. The van der Waals surface area contributed by atoms with Gasteiger partial charge in [-0.3, -0.25) is 10.8 Å². The highest BCUT2D eigenvalue weighted by molar-refractivity contribution is 5.86. The van der Waals surface area contributed by atoms with Crippen LogP contribution in [-0.4, -0.2) is 4.98 Å². The van der Waals surface area contributed by atoms with Gasteiger partial charge in [-0.05, 0) is 28.5 Å². The second-order valence-corrected chi connectivity index (χ2v) is 4.42. The van der Waals surface area contributed by atoms with Crippen LogP contribution in [0.2, 0.25) is 0 Å². The van der Waals surface area contributed by atoms with Crippen molar-refractivity contribution in [1.29, 1.82) is 0 Å². The molecule has 1 aromatic heterocycles. The van der Waals surface area contributed by atoms with Crippen LogP contribution in [0.15, 0.2) is 66.9 Å². The third-order valence-corrected chi connectivity index (χ3v) is 3.28. The highest BCUT2D eigenvalue weighted by Gasteiger charge is 2.15. The van der Waals surface area contributed by atoms with Gasteiger partial charge >= 0.3 is 0 Å². The number of rotatable bonds is 3. The van der Waals surface area contributed by atoms with Crippen LogP contribution in [0.1, 0.15) is 17.3 Å². The lowest BCUT2D eigenvalue weighted by molar-refractivity contribution is 0.624. The topological polar surface area (TPSA) is 50.9 Å². The van der Waals surface area contributed by atoms with Gasteiger partial charge in [0.2, 0.25) is 0 Å². The molecule has 3 aromatic rings. The standard InChI is InChI=1S/C16H15N3/c17-19-16(15-10-3-4-11-18-15)14-9-5-7-12-6-1-2-8-13(12)14/h1-11,16,19H,17H2. The van der Waals surface area contributed by atoms with Crippen LogP contribution in [0.25, 0.3) is 10.8 Å². The van der Waals surface area contributed by atoms with Crippen LogP contribution in [0, 0.1) is 0 Å². The lowest BCUT2D eigenvalue weighted by Gasteiger charge is -2.17. The van der Waals surface area contributed by atoms with Gasteiger partial charge in [0, 0.05) is 6.20 Å². The summed E-state index contributed by atoms with van der Waals surface area (Å²) in [7, 11) is 0. The lowest BCUT2D eigenvalue weighted by atomic mass is 9.97. The summed E-state index contributed by atoms with van der Waals surface area (Å²) < 4.78 is 0. The third kappa shape index (κ3) is 2.21. The minimum atomic E-state index is -0.104. The molecule has 3 rings (SSSR count). The van der Waals surface area contributed by atoms with E-state index in [0.29, 0.717) is 0 Å². The Bertz CT molecular complexity index is 674. The first-order valence-corrected chi connectivity index (χ1v) is 6.25. The summed E-state index contributed by atoms with van der Waals surface area (Å²) in [6.45, 7) is 0. The summed E-state index contributed by atoms with van der Waals surface area (Å²) >= 11 is 0. The summed E-state index contributed by atoms with van der Waals surface area (Å²) in [5.74, 6) is 5.74. The fourth-order valence-electron chi connectivity index (χ4n) is 2.38. The predicted octanol–water partition coefficient (Wildman–Crippen LogP) is 2.79. The Kier molecular flexibility index (Phi) is 3.23. The van der Waals surface area contributed by atoms with Crippen molar-refractivity contribution in [2.45, 2.75) is 6.04 Å². The molecule has 19 heavy (non-hydrogen) atoms. The van der Waals surface area contributed by atoms with Crippen molar-refractivity contribution >= 4 is 10.8 Å². The average molecular weight is 249 g/mol. The van der Waals surface area contributed by atoms with Gasteiger partial charge in [0.25, 0.3) is 0 Å². The van der Waals surface area contributed by atoms with E-state index in [1.54, 1.807) is 6.20 Å². The molecule has 94 valence electrons. The Morgan fingerprint density at radius 1 is 0.895 bits per heavy atom. The SMILES string of the molecule is NNC(c1ccccn1)c1cccc2ccccc12. The summed E-state index contributed by atoms with van der Waals surface area (Å²) in [4.78, 5) is 4.39. The van der Waals surface area contributed by atoms with E-state index in [2.05, 4.69) is 34.7 Å². The summed E-state index contributed by atoms with van der Waals surface area (Å²) in [5, 5.41) is 2.40. The smallest absolute Gasteiger partial charge is 0.0887 e. The van der Waals surface area contributed by atoms with Crippen molar-refractivity contribution in [3.63, 3.8) is 0 Å². The fourth-order valence-corrected chi connectivity index (χ4v) is 2.38. The van der Waals surface area contributed by atoms with Crippen LogP contribution in [0.4, 0.5) is 0 Å². The number of pyridine rings is 1. The molecule has 1 heterocycles. The van der Waals surface area contributed by atoms with Gasteiger partial charge in [-0.2, -0.15) is 0 Å². The molecule has 3 N–H and O–H groups in total. The largest absolute Gasteiger partial charge is 0.271 e. The molecule has 0 amide bonds. The number of benzene rings is 2. The zero-order valence-corrected chi connectivity index (χ0v) is 10.5. The van der Waals surface area contributed by atoms with E-state index < -0.39 is 0 Å². The van der Waals surface area contributed by atoms with E-state index in [1.807, 2.05) is 36.4 Å². The van der Waals surface area contributed by atoms with Crippen molar-refractivity contribution in [2.75, 3.05) is 0 Å². The number of nitrogens with one attached hydrogen (secondary N) is 1. The number of hydrazine groups is 1. The quantitative estimate of drug-likeness (QED) is 0.554. The predicted molar refractivity (Wildman–Crippen MR) is 77.4 cm³/mol. The maximum atomic E-state index is 5.74. The molecule has 0 radical (unpaired) electrons. The van der Waals surface area contributed by atoms with Crippen LogP contribution in [0.5, 0.6) is 0 Å². The Labute approximate surface area is 112 Å². The van der Waals surface area contributed by atoms with Crippen molar-refractivity contribution < 1.29 is 0 Å². The zero-order chi connectivity index (χ0) is 13.1. The van der Waals surface area contributed by atoms with Gasteiger partial charge < -0.3 is 0 Å². The molecule has 0 fully saturated rings. The number of fused-ring (bicyclic) bond motifs is 1. The molecule has 0 aliphatic rings. The summed E-state index contributed by atoms with van der Waals surface area (Å²) in [5.41, 5.74) is 4.92. The Morgan fingerprint density at radius 3 is 2.47 bits per heavy atom. The van der Waals surface area contributed by atoms with Gasteiger partial charge in [0.1, 0.15) is 0 Å². The molecular formula is C16H15N3. The number of hydrogen-bond acceptors (Lipinski definition) is 3. The lowest BCUT2D eigenvalue weighted by Crippen LogP contribution is -2.29. The number of nitrogens with zero attached hydrogens (tertiary/aromatic N) is 1. The molecule has 3 nitrogen and oxygen atoms in total. The van der Waals surface area contributed by atoms with Crippen molar-refractivity contribution in [3.05, 3.63) is 78.1 Å². The maximum absolute atomic E-state index is 5.74. The van der Waals surface area contributed by atoms with Crippen LogP contribution < -0.4 is 11.3 Å². The molecule has 1 atom stereocenters. The van der Waals surface area contributed by atoms with Crippen LogP contribution >= 0.6 is 0 Å². The van der Waals surface area contributed by atoms with Crippen LogP contribution in [-0.2, 0) is 0 Å². The molecule has 0 aliphatic carbocycles. The average Bonchev–Trinajstić information content (AvgIpc) is 2.49. The van der Waals surface area contributed by atoms with E-state index in [4.69, 9.17) is 5.84 Å². The van der Waals surface area contributed by atoms with Gasteiger partial charge in [-0.1, -0.05) is 48.5 Å². The van der Waals surface area contributed by atoms with Gasteiger partial charge in [-0.15, -0.1) is 0 Å². The molecular weight excluding hydrogens is 234 g/mol. The highest BCUT2D eigenvalue weighted by Crippen LogP contribution is 2.27. The molecule has 0 saturated heterocycles. The van der Waals surface area contributed by atoms with Gasteiger partial charge in [-0.25, -0.2) is 5.43 Å². The number of aromatic nitrogens is 1.